The first kappa shape index (κ1) is 60.9. The SMILES string of the molecule is CC[C@H](C)[C@@H]([C@@H](CC(=O)N1CCC[C@H]1[C@H](OC)[C@@H](C)C(=O)NC1(C(=O)N2CCCCO2)C[C@@H]1c1ccccc1)OC)N(C)C(=O)[C@@H](NC(=O)[C@H](C(C)C)N(C)CCCCCNCC(=O)OCc1ccccc1)C(C)C. The Morgan fingerprint density at radius 2 is 1.52 bits per heavy atom. The maximum Gasteiger partial charge on any atom is 0.320 e. The highest BCUT2D eigenvalue weighted by Crippen LogP contribution is 2.53. The van der Waals surface area contributed by atoms with Crippen LogP contribution in [0.3, 0.4) is 0 Å². The first-order valence-electron chi connectivity index (χ1n) is 27.7. The van der Waals surface area contributed by atoms with Crippen LogP contribution in [0.1, 0.15) is 130 Å². The Hall–Kier alpha value is -4.94. The summed E-state index contributed by atoms with van der Waals surface area (Å²) < 4.78 is 17.6. The van der Waals surface area contributed by atoms with Crippen molar-refractivity contribution in [1.29, 1.82) is 0 Å². The zero-order valence-corrected chi connectivity index (χ0v) is 47.0. The lowest BCUT2D eigenvalue weighted by atomic mass is 9.89. The van der Waals surface area contributed by atoms with E-state index in [1.807, 2.05) is 109 Å². The second kappa shape index (κ2) is 29.5. The van der Waals surface area contributed by atoms with Gasteiger partial charge in [-0.05, 0) is 94.0 Å². The Morgan fingerprint density at radius 1 is 0.827 bits per heavy atom. The first-order valence-corrected chi connectivity index (χ1v) is 27.7. The van der Waals surface area contributed by atoms with Gasteiger partial charge in [0.05, 0.1) is 55.8 Å². The van der Waals surface area contributed by atoms with Crippen LogP contribution >= 0.6 is 0 Å². The van der Waals surface area contributed by atoms with Gasteiger partial charge in [0.15, 0.2) is 0 Å². The molecule has 3 N–H and O–H groups in total. The van der Waals surface area contributed by atoms with Crippen LogP contribution in [0.2, 0.25) is 0 Å². The number of nitrogens with zero attached hydrogens (tertiary/aromatic N) is 4. The highest BCUT2D eigenvalue weighted by atomic mass is 16.7. The quantitative estimate of drug-likeness (QED) is 0.0604. The van der Waals surface area contributed by atoms with E-state index in [0.717, 1.165) is 49.7 Å². The minimum absolute atomic E-state index is 0.0148. The number of rotatable bonds is 30. The summed E-state index contributed by atoms with van der Waals surface area (Å²) >= 11 is 0. The molecule has 1 unspecified atom stereocenters. The summed E-state index contributed by atoms with van der Waals surface area (Å²) in [4.78, 5) is 95.6. The Balaban J connectivity index is 1.18. The van der Waals surface area contributed by atoms with E-state index in [4.69, 9.17) is 19.0 Å². The van der Waals surface area contributed by atoms with Gasteiger partial charge in [-0.2, -0.15) is 0 Å². The third-order valence-electron chi connectivity index (χ3n) is 15.9. The molecule has 3 fully saturated rings. The predicted molar refractivity (Wildman–Crippen MR) is 289 cm³/mol. The van der Waals surface area contributed by atoms with Crippen molar-refractivity contribution in [2.75, 3.05) is 67.6 Å². The van der Waals surface area contributed by atoms with Crippen LogP contribution in [0.5, 0.6) is 0 Å². The lowest BCUT2D eigenvalue weighted by Crippen LogP contribution is -2.60. The lowest BCUT2D eigenvalue weighted by Gasteiger charge is -2.41. The zero-order chi connectivity index (χ0) is 54.8. The summed E-state index contributed by atoms with van der Waals surface area (Å²) in [5.41, 5.74) is 0.763. The highest BCUT2D eigenvalue weighted by Gasteiger charge is 2.64. The minimum Gasteiger partial charge on any atom is -0.460 e. The Bertz CT molecular complexity index is 2130. The maximum atomic E-state index is 14.7. The molecule has 2 aromatic rings. The van der Waals surface area contributed by atoms with Gasteiger partial charge >= 0.3 is 5.97 Å². The topological polar surface area (TPSA) is 188 Å². The molecular formula is C58H91N7O10. The molecular weight excluding hydrogens is 955 g/mol. The third kappa shape index (κ3) is 16.3. The van der Waals surface area contributed by atoms with Crippen LogP contribution < -0.4 is 16.0 Å². The monoisotopic (exact) mass is 1050 g/mol. The molecule has 0 spiro atoms. The van der Waals surface area contributed by atoms with Crippen molar-refractivity contribution >= 4 is 35.5 Å². The lowest BCUT2D eigenvalue weighted by molar-refractivity contribution is -0.200. The average molecular weight is 1050 g/mol. The number of likely N-dealkylation sites (N-methyl/N-ethyl adjacent to an activating group) is 2. The molecule has 2 aliphatic heterocycles. The Kier molecular flexibility index (Phi) is 24.0. The molecule has 0 radical (unpaired) electrons. The van der Waals surface area contributed by atoms with E-state index >= 15 is 0 Å². The van der Waals surface area contributed by atoms with Crippen molar-refractivity contribution < 1.29 is 47.8 Å². The number of amides is 5. The minimum atomic E-state index is -1.15. The van der Waals surface area contributed by atoms with E-state index in [1.54, 1.807) is 38.0 Å². The molecule has 1 saturated carbocycles. The number of hydrogen-bond acceptors (Lipinski definition) is 12. The van der Waals surface area contributed by atoms with Crippen LogP contribution in [0.4, 0.5) is 0 Å². The number of hydroxylamine groups is 2. The van der Waals surface area contributed by atoms with E-state index in [0.29, 0.717) is 52.0 Å². The van der Waals surface area contributed by atoms with Crippen molar-refractivity contribution in [3.63, 3.8) is 0 Å². The fourth-order valence-electron chi connectivity index (χ4n) is 11.3. The molecule has 2 heterocycles. The molecule has 75 heavy (non-hydrogen) atoms. The standard InChI is InChI=1S/C58H91N7O10/c1-12-41(6)52(63(9)56(70)50(39(2)3)60-55(69)51(40(4)5)62(8)31-21-15-20-30-59-37-49(67)74-38-43-25-16-13-17-26-43)47(72-10)35-48(66)64-32-24-29-46(64)53(73-11)42(7)54(68)61-58(57(71)65-33-22-23-34-75-65)36-45(58)44-27-18-14-19-28-44/h13-14,16-19,25-28,39-42,45-47,50-53,59H,12,15,20-24,29-38H2,1-11H3,(H,60,69)(H,61,68)/t41-,42+,45+,46-,47+,50-,51-,52-,53+,58?/m0/s1. The fourth-order valence-corrected chi connectivity index (χ4v) is 11.3. The molecule has 418 valence electrons. The number of unbranched alkanes of at least 4 members (excludes halogenated alkanes) is 2. The Labute approximate surface area is 447 Å². The zero-order valence-electron chi connectivity index (χ0n) is 47.0. The summed E-state index contributed by atoms with van der Waals surface area (Å²) in [5.74, 6) is -2.79. The summed E-state index contributed by atoms with van der Waals surface area (Å²) in [6.45, 7) is 16.9. The largest absolute Gasteiger partial charge is 0.460 e. The van der Waals surface area contributed by atoms with Gasteiger partial charge in [0.2, 0.25) is 23.6 Å². The second-order valence-electron chi connectivity index (χ2n) is 21.9. The molecule has 1 aliphatic carbocycles. The van der Waals surface area contributed by atoms with E-state index in [-0.39, 0.29) is 78.7 Å². The van der Waals surface area contributed by atoms with Crippen molar-refractivity contribution in [2.24, 2.45) is 23.7 Å². The number of likely N-dealkylation sites (tertiary alicyclic amines) is 1. The molecule has 0 aromatic heterocycles. The fraction of sp³-hybridized carbons (Fsp3) is 0.690. The molecule has 2 aromatic carbocycles. The van der Waals surface area contributed by atoms with Gasteiger partial charge in [0, 0.05) is 40.3 Å². The van der Waals surface area contributed by atoms with E-state index < -0.39 is 47.8 Å². The van der Waals surface area contributed by atoms with Gasteiger partial charge in [-0.15, -0.1) is 0 Å². The molecule has 0 bridgehead atoms. The summed E-state index contributed by atoms with van der Waals surface area (Å²) in [6.07, 6.45) is 5.44. The van der Waals surface area contributed by atoms with Crippen molar-refractivity contribution in [1.82, 2.24) is 35.7 Å². The molecule has 17 nitrogen and oxygen atoms in total. The van der Waals surface area contributed by atoms with Gasteiger partial charge < -0.3 is 40.0 Å². The van der Waals surface area contributed by atoms with Crippen molar-refractivity contribution in [2.45, 2.75) is 167 Å². The third-order valence-corrected chi connectivity index (χ3v) is 15.9. The van der Waals surface area contributed by atoms with Gasteiger partial charge in [0.25, 0.3) is 5.91 Å². The number of carbonyl (C=O) groups excluding carboxylic acids is 6. The molecule has 3 aliphatic rings. The van der Waals surface area contributed by atoms with E-state index in [9.17, 15) is 28.8 Å². The predicted octanol–water partition coefficient (Wildman–Crippen LogP) is 6.10. The first-order chi connectivity index (χ1) is 35.9. The van der Waals surface area contributed by atoms with Crippen LogP contribution in [-0.2, 0) is 54.4 Å². The van der Waals surface area contributed by atoms with Crippen molar-refractivity contribution in [3.05, 3.63) is 71.8 Å². The van der Waals surface area contributed by atoms with E-state index in [1.165, 1.54) is 5.06 Å². The maximum absolute atomic E-state index is 14.7. The van der Waals surface area contributed by atoms with Gasteiger partial charge in [-0.25, -0.2) is 5.06 Å². The number of methoxy groups -OCH3 is 2. The number of nitrogens with one attached hydrogen (secondary N) is 3. The van der Waals surface area contributed by atoms with Crippen LogP contribution in [0, 0.1) is 23.7 Å². The Morgan fingerprint density at radius 3 is 2.13 bits per heavy atom. The molecule has 17 heteroatoms. The number of ether oxygens (including phenoxy) is 3. The van der Waals surface area contributed by atoms with Crippen LogP contribution in [-0.4, -0.2) is 165 Å². The van der Waals surface area contributed by atoms with E-state index in [2.05, 4.69) is 20.9 Å². The van der Waals surface area contributed by atoms with Gasteiger partial charge in [-0.3, -0.25) is 38.5 Å². The number of hydrogen-bond donors (Lipinski definition) is 3. The number of esters is 1. The smallest absolute Gasteiger partial charge is 0.320 e. The molecule has 5 amide bonds. The highest BCUT2D eigenvalue weighted by molar-refractivity contribution is 5.96. The molecule has 5 rings (SSSR count). The van der Waals surface area contributed by atoms with Gasteiger partial charge in [-0.1, -0.05) is 122 Å². The van der Waals surface area contributed by atoms with Crippen molar-refractivity contribution in [3.8, 4) is 0 Å². The van der Waals surface area contributed by atoms with Crippen LogP contribution in [0.15, 0.2) is 60.7 Å². The number of carbonyl (C=O) groups is 6. The summed E-state index contributed by atoms with van der Waals surface area (Å²) in [6, 6.07) is 17.1. The number of benzene rings is 2. The summed E-state index contributed by atoms with van der Waals surface area (Å²) in [7, 11) is 6.81. The van der Waals surface area contributed by atoms with Gasteiger partial charge in [0.1, 0.15) is 18.2 Å². The second-order valence-corrected chi connectivity index (χ2v) is 21.9. The summed E-state index contributed by atoms with van der Waals surface area (Å²) in [5, 5.41) is 10.9. The molecule has 10 atom stereocenters. The average Bonchev–Trinajstić information content (AvgIpc) is 3.95. The normalized spacial score (nSPS) is 21.5. The van der Waals surface area contributed by atoms with Crippen LogP contribution in [0.25, 0.3) is 0 Å². The molecule has 2 saturated heterocycles.